The molecule has 0 aliphatic heterocycles. The molecule has 3 rings (SSSR count). The quantitative estimate of drug-likeness (QED) is 0.618. The van der Waals surface area contributed by atoms with Crippen LogP contribution in [0, 0.1) is 4.84 Å². The largest absolute Gasteiger partial charge is 0.429 e. The maximum Gasteiger partial charge on any atom is 0.416 e. The van der Waals surface area contributed by atoms with E-state index in [9.17, 15) is 13.2 Å². The van der Waals surface area contributed by atoms with Crippen LogP contribution in [-0.2, 0) is 12.7 Å². The van der Waals surface area contributed by atoms with Crippen molar-refractivity contribution in [3.8, 4) is 0 Å². The number of nitrogens with zero attached hydrogens (tertiary/aromatic N) is 1. The topological polar surface area (TPSA) is 18.1 Å². The molecular formula is C15H10F3NOS. The molecule has 0 fully saturated rings. The van der Waals surface area contributed by atoms with E-state index in [4.69, 9.17) is 16.6 Å². The molecule has 0 atom stereocenters. The second-order valence-electron chi connectivity index (χ2n) is 4.62. The molecule has 0 saturated carbocycles. The summed E-state index contributed by atoms with van der Waals surface area (Å²) >= 11 is 5.10. The molecule has 1 aromatic heterocycles. The highest BCUT2D eigenvalue weighted by molar-refractivity contribution is 7.71. The van der Waals surface area contributed by atoms with E-state index < -0.39 is 11.7 Å². The van der Waals surface area contributed by atoms with E-state index in [2.05, 4.69) is 0 Å². The number of fused-ring (bicyclic) bond motifs is 1. The zero-order valence-electron chi connectivity index (χ0n) is 10.7. The lowest BCUT2D eigenvalue weighted by molar-refractivity contribution is -0.137. The molecule has 108 valence electrons. The molecule has 0 amide bonds. The molecule has 0 aliphatic rings. The Labute approximate surface area is 123 Å². The predicted molar refractivity (Wildman–Crippen MR) is 75.6 cm³/mol. The number of benzene rings is 2. The first-order valence-electron chi connectivity index (χ1n) is 6.20. The van der Waals surface area contributed by atoms with Gasteiger partial charge in [-0.2, -0.15) is 13.2 Å². The third kappa shape index (κ3) is 2.71. The first-order valence-corrected chi connectivity index (χ1v) is 6.60. The molecule has 6 heteroatoms. The molecule has 21 heavy (non-hydrogen) atoms. The minimum atomic E-state index is -4.39. The van der Waals surface area contributed by atoms with Crippen molar-refractivity contribution in [2.75, 3.05) is 0 Å². The third-order valence-corrected chi connectivity index (χ3v) is 3.48. The van der Waals surface area contributed by atoms with Crippen molar-refractivity contribution in [2.45, 2.75) is 12.7 Å². The third-order valence-electron chi connectivity index (χ3n) is 3.18. The average molecular weight is 309 g/mol. The van der Waals surface area contributed by atoms with Gasteiger partial charge >= 0.3 is 6.18 Å². The molecule has 0 aliphatic carbocycles. The minimum absolute atomic E-state index is 0.160. The lowest BCUT2D eigenvalue weighted by atomic mass is 10.2. The second kappa shape index (κ2) is 5.04. The van der Waals surface area contributed by atoms with Gasteiger partial charge in [-0.15, -0.1) is 0 Å². The monoisotopic (exact) mass is 309 g/mol. The van der Waals surface area contributed by atoms with Crippen LogP contribution < -0.4 is 0 Å². The molecule has 3 aromatic rings. The fourth-order valence-electron chi connectivity index (χ4n) is 2.15. The molecule has 0 radical (unpaired) electrons. The van der Waals surface area contributed by atoms with Crippen molar-refractivity contribution in [3.63, 3.8) is 0 Å². The number of hydrogen-bond donors (Lipinski definition) is 0. The van der Waals surface area contributed by atoms with E-state index in [0.29, 0.717) is 17.6 Å². The van der Waals surface area contributed by atoms with Gasteiger partial charge in [0.1, 0.15) is 0 Å². The van der Waals surface area contributed by atoms with Crippen molar-refractivity contribution < 1.29 is 17.6 Å². The summed E-state index contributed by atoms with van der Waals surface area (Å²) in [5.74, 6) is 0. The molecule has 0 N–H and O–H groups in total. The molecule has 0 spiro atoms. The molecule has 0 unspecified atom stereocenters. The van der Waals surface area contributed by atoms with Gasteiger partial charge in [-0.05, 0) is 36.0 Å². The zero-order chi connectivity index (χ0) is 15.0. The summed E-state index contributed by atoms with van der Waals surface area (Å²) in [4.78, 5) is 0.160. The van der Waals surface area contributed by atoms with Gasteiger partial charge in [-0.3, -0.25) is 4.57 Å². The van der Waals surface area contributed by atoms with Gasteiger partial charge in [-0.1, -0.05) is 30.3 Å². The summed E-state index contributed by atoms with van der Waals surface area (Å²) in [6, 6.07) is 12.7. The van der Waals surface area contributed by atoms with Gasteiger partial charge in [0.25, 0.3) is 4.84 Å². The number of alkyl halides is 3. The van der Waals surface area contributed by atoms with Crippen LogP contribution in [0.15, 0.2) is 52.9 Å². The molecule has 1 heterocycles. The number of hydrogen-bond acceptors (Lipinski definition) is 2. The summed E-state index contributed by atoms with van der Waals surface area (Å²) < 4.78 is 45.4. The van der Waals surface area contributed by atoms with E-state index in [1.54, 1.807) is 4.57 Å². The van der Waals surface area contributed by atoms with Crippen molar-refractivity contribution in [3.05, 3.63) is 64.5 Å². The van der Waals surface area contributed by atoms with Crippen LogP contribution >= 0.6 is 12.2 Å². The van der Waals surface area contributed by atoms with Crippen LogP contribution in [-0.4, -0.2) is 4.57 Å². The summed E-state index contributed by atoms with van der Waals surface area (Å²) in [5, 5.41) is 0. The SMILES string of the molecule is FC(F)(F)c1ccc2oc(=S)n(Cc3ccccc3)c2c1. The van der Waals surface area contributed by atoms with Crippen LogP contribution in [0.5, 0.6) is 0 Å². The molecule has 2 aromatic carbocycles. The number of halogens is 3. The van der Waals surface area contributed by atoms with Gasteiger partial charge < -0.3 is 4.42 Å². The van der Waals surface area contributed by atoms with Crippen molar-refractivity contribution >= 4 is 23.3 Å². The van der Waals surface area contributed by atoms with Crippen LogP contribution in [0.25, 0.3) is 11.1 Å². The highest BCUT2D eigenvalue weighted by atomic mass is 32.1. The normalized spacial score (nSPS) is 12.0. The smallest absolute Gasteiger partial charge is 0.416 e. The summed E-state index contributed by atoms with van der Waals surface area (Å²) in [6.07, 6.45) is -4.39. The van der Waals surface area contributed by atoms with Crippen molar-refractivity contribution in [2.24, 2.45) is 0 Å². The first-order chi connectivity index (χ1) is 9.95. The van der Waals surface area contributed by atoms with Crippen LogP contribution in [0.3, 0.4) is 0 Å². The first kappa shape index (κ1) is 13.9. The maximum absolute atomic E-state index is 12.8. The predicted octanol–water partition coefficient (Wildman–Crippen LogP) is 5.03. The van der Waals surface area contributed by atoms with Gasteiger partial charge in [0.05, 0.1) is 17.6 Å². The Hall–Kier alpha value is -2.08. The fraction of sp³-hybridized carbons (Fsp3) is 0.133. The highest BCUT2D eigenvalue weighted by Gasteiger charge is 2.31. The lowest BCUT2D eigenvalue weighted by Gasteiger charge is -2.07. The van der Waals surface area contributed by atoms with Gasteiger partial charge in [0.15, 0.2) is 5.58 Å². The fourth-order valence-corrected chi connectivity index (χ4v) is 2.41. The second-order valence-corrected chi connectivity index (χ2v) is 4.97. The Bertz CT molecular complexity index is 833. The van der Waals surface area contributed by atoms with Crippen molar-refractivity contribution in [1.82, 2.24) is 4.57 Å². The van der Waals surface area contributed by atoms with Crippen LogP contribution in [0.4, 0.5) is 13.2 Å². The minimum Gasteiger partial charge on any atom is -0.429 e. The van der Waals surface area contributed by atoms with E-state index in [1.165, 1.54) is 6.07 Å². The maximum atomic E-state index is 12.8. The number of aromatic nitrogens is 1. The highest BCUT2D eigenvalue weighted by Crippen LogP contribution is 2.32. The van der Waals surface area contributed by atoms with E-state index in [0.717, 1.165) is 17.7 Å². The Morgan fingerprint density at radius 1 is 1.05 bits per heavy atom. The standard InChI is InChI=1S/C15H10F3NOS/c16-15(17,18)11-6-7-13-12(8-11)19(14(21)20-13)9-10-4-2-1-3-5-10/h1-8H,9H2. The summed E-state index contributed by atoms with van der Waals surface area (Å²) in [6.45, 7) is 0.369. The molecule has 0 bridgehead atoms. The van der Waals surface area contributed by atoms with E-state index >= 15 is 0 Å². The Balaban J connectivity index is 2.13. The Kier molecular flexibility index (Phi) is 3.33. The molecule has 2 nitrogen and oxygen atoms in total. The molecule has 0 saturated heterocycles. The molecular weight excluding hydrogens is 299 g/mol. The van der Waals surface area contributed by atoms with E-state index in [-0.39, 0.29) is 4.84 Å². The van der Waals surface area contributed by atoms with Gasteiger partial charge in [-0.25, -0.2) is 0 Å². The summed E-state index contributed by atoms with van der Waals surface area (Å²) in [7, 11) is 0. The average Bonchev–Trinajstić information content (AvgIpc) is 2.75. The van der Waals surface area contributed by atoms with Gasteiger partial charge in [0.2, 0.25) is 0 Å². The van der Waals surface area contributed by atoms with Crippen LogP contribution in [0.2, 0.25) is 0 Å². The van der Waals surface area contributed by atoms with E-state index in [1.807, 2.05) is 30.3 Å². The van der Waals surface area contributed by atoms with Crippen molar-refractivity contribution in [1.29, 1.82) is 0 Å². The summed E-state index contributed by atoms with van der Waals surface area (Å²) in [5.41, 5.74) is 0.920. The Morgan fingerprint density at radius 2 is 1.76 bits per heavy atom. The lowest BCUT2D eigenvalue weighted by Crippen LogP contribution is -2.05. The number of oxazole rings is 1. The van der Waals surface area contributed by atoms with Gasteiger partial charge in [0, 0.05) is 0 Å². The Morgan fingerprint density at radius 3 is 2.43 bits per heavy atom. The zero-order valence-corrected chi connectivity index (χ0v) is 11.5. The number of rotatable bonds is 2. The van der Waals surface area contributed by atoms with Crippen LogP contribution in [0.1, 0.15) is 11.1 Å².